The lowest BCUT2D eigenvalue weighted by atomic mass is 10.1. The zero-order valence-electron chi connectivity index (χ0n) is 7.89. The molecule has 3 nitrogen and oxygen atoms in total. The van der Waals surface area contributed by atoms with Gasteiger partial charge in [-0.1, -0.05) is 31.4 Å². The summed E-state index contributed by atoms with van der Waals surface area (Å²) in [6.45, 7) is 1.97. The number of alkyl halides is 1. The monoisotopic (exact) mass is 218 g/mol. The summed E-state index contributed by atoms with van der Waals surface area (Å²) >= 11 is 5.62. The fraction of sp³-hybridized carbons (Fsp3) is 0.556. The molecular formula is C9H12ClFN2O. The first-order valence-corrected chi connectivity index (χ1v) is 4.91. The number of aromatic nitrogens is 2. The van der Waals surface area contributed by atoms with Gasteiger partial charge in [0.15, 0.2) is 0 Å². The lowest BCUT2D eigenvalue weighted by molar-refractivity contribution is 0.308. The van der Waals surface area contributed by atoms with Crippen molar-refractivity contribution in [1.82, 2.24) is 9.97 Å². The van der Waals surface area contributed by atoms with Crippen LogP contribution in [-0.2, 0) is 0 Å². The molecular weight excluding hydrogens is 207 g/mol. The molecule has 0 amide bonds. The van der Waals surface area contributed by atoms with Crippen LogP contribution in [0, 0.1) is 0 Å². The quantitative estimate of drug-likeness (QED) is 0.845. The summed E-state index contributed by atoms with van der Waals surface area (Å²) in [7, 11) is 0. The molecule has 1 aromatic heterocycles. The molecule has 1 aromatic rings. The van der Waals surface area contributed by atoms with Gasteiger partial charge in [-0.15, -0.1) is 0 Å². The van der Waals surface area contributed by atoms with Gasteiger partial charge in [0.25, 0.3) is 5.56 Å². The third-order valence-electron chi connectivity index (χ3n) is 1.93. The SMILES string of the molecule is CCCCC(F)c1nc[nH]c(=O)c1Cl. The minimum Gasteiger partial charge on any atom is -0.312 e. The van der Waals surface area contributed by atoms with Crippen LogP contribution >= 0.6 is 11.6 Å². The molecule has 0 fully saturated rings. The second-order valence-electron chi connectivity index (χ2n) is 3.04. The summed E-state index contributed by atoms with van der Waals surface area (Å²) in [5.74, 6) is 0. The van der Waals surface area contributed by atoms with Gasteiger partial charge >= 0.3 is 0 Å². The maximum absolute atomic E-state index is 13.5. The second-order valence-corrected chi connectivity index (χ2v) is 3.42. The fourth-order valence-electron chi connectivity index (χ4n) is 1.14. The van der Waals surface area contributed by atoms with Crippen LogP contribution in [0.25, 0.3) is 0 Å². The van der Waals surface area contributed by atoms with E-state index >= 15 is 0 Å². The summed E-state index contributed by atoms with van der Waals surface area (Å²) < 4.78 is 13.5. The molecule has 1 N–H and O–H groups in total. The van der Waals surface area contributed by atoms with Gasteiger partial charge in [0.2, 0.25) is 0 Å². The van der Waals surface area contributed by atoms with Gasteiger partial charge in [0.1, 0.15) is 16.9 Å². The Labute approximate surface area is 86.3 Å². The van der Waals surface area contributed by atoms with E-state index in [4.69, 9.17) is 11.6 Å². The normalized spacial score (nSPS) is 12.8. The van der Waals surface area contributed by atoms with Gasteiger partial charge in [0.05, 0.1) is 6.33 Å². The molecule has 0 aromatic carbocycles. The molecule has 0 saturated heterocycles. The highest BCUT2D eigenvalue weighted by molar-refractivity contribution is 6.31. The summed E-state index contributed by atoms with van der Waals surface area (Å²) in [5.41, 5.74) is -0.445. The Balaban J connectivity index is 2.84. The average molecular weight is 219 g/mol. The molecule has 78 valence electrons. The van der Waals surface area contributed by atoms with Crippen molar-refractivity contribution in [3.63, 3.8) is 0 Å². The van der Waals surface area contributed by atoms with Crippen LogP contribution in [0.3, 0.4) is 0 Å². The van der Waals surface area contributed by atoms with Crippen molar-refractivity contribution in [2.75, 3.05) is 0 Å². The Morgan fingerprint density at radius 2 is 2.43 bits per heavy atom. The van der Waals surface area contributed by atoms with Crippen LogP contribution in [0.5, 0.6) is 0 Å². The Bertz CT molecular complexity index is 353. The molecule has 1 unspecified atom stereocenters. The van der Waals surface area contributed by atoms with E-state index in [0.717, 1.165) is 12.8 Å². The van der Waals surface area contributed by atoms with E-state index < -0.39 is 11.7 Å². The number of unbranched alkanes of at least 4 members (excludes halogenated alkanes) is 1. The molecule has 0 aliphatic carbocycles. The number of halogens is 2. The summed E-state index contributed by atoms with van der Waals surface area (Å²) in [6, 6.07) is 0. The van der Waals surface area contributed by atoms with Crippen molar-refractivity contribution < 1.29 is 4.39 Å². The lowest BCUT2D eigenvalue weighted by Gasteiger charge is -2.07. The molecule has 0 saturated carbocycles. The summed E-state index contributed by atoms with van der Waals surface area (Å²) in [6.07, 6.45) is 1.94. The third kappa shape index (κ3) is 2.54. The molecule has 1 atom stereocenters. The average Bonchev–Trinajstić information content (AvgIpc) is 2.18. The number of hydrogen-bond donors (Lipinski definition) is 1. The van der Waals surface area contributed by atoms with Crippen molar-refractivity contribution in [1.29, 1.82) is 0 Å². The largest absolute Gasteiger partial charge is 0.312 e. The number of nitrogens with zero attached hydrogens (tertiary/aromatic N) is 1. The summed E-state index contributed by atoms with van der Waals surface area (Å²) in [5, 5.41) is -0.142. The Morgan fingerprint density at radius 3 is 3.07 bits per heavy atom. The highest BCUT2D eigenvalue weighted by Gasteiger charge is 2.16. The highest BCUT2D eigenvalue weighted by atomic mass is 35.5. The van der Waals surface area contributed by atoms with E-state index in [0.29, 0.717) is 6.42 Å². The second kappa shape index (κ2) is 5.10. The number of hydrogen-bond acceptors (Lipinski definition) is 2. The first-order chi connectivity index (χ1) is 6.66. The number of nitrogens with one attached hydrogen (secondary N) is 1. The zero-order valence-corrected chi connectivity index (χ0v) is 8.64. The van der Waals surface area contributed by atoms with E-state index in [1.54, 1.807) is 0 Å². The molecule has 1 heterocycles. The van der Waals surface area contributed by atoms with Gasteiger partial charge < -0.3 is 4.98 Å². The number of rotatable bonds is 4. The Kier molecular flexibility index (Phi) is 4.07. The predicted molar refractivity (Wildman–Crippen MR) is 53.2 cm³/mol. The molecule has 0 aliphatic rings. The topological polar surface area (TPSA) is 45.8 Å². The van der Waals surface area contributed by atoms with E-state index in [1.807, 2.05) is 6.92 Å². The highest BCUT2D eigenvalue weighted by Crippen LogP contribution is 2.24. The van der Waals surface area contributed by atoms with Crippen LogP contribution in [-0.4, -0.2) is 9.97 Å². The van der Waals surface area contributed by atoms with Crippen molar-refractivity contribution in [2.45, 2.75) is 32.4 Å². The van der Waals surface area contributed by atoms with Crippen LogP contribution < -0.4 is 5.56 Å². The zero-order chi connectivity index (χ0) is 10.6. The number of aromatic amines is 1. The van der Waals surface area contributed by atoms with Gasteiger partial charge in [-0.3, -0.25) is 4.79 Å². The predicted octanol–water partition coefficient (Wildman–Crippen LogP) is 2.62. The van der Waals surface area contributed by atoms with Crippen LogP contribution in [0.1, 0.15) is 38.1 Å². The van der Waals surface area contributed by atoms with E-state index in [2.05, 4.69) is 9.97 Å². The van der Waals surface area contributed by atoms with E-state index in [9.17, 15) is 9.18 Å². The molecule has 1 rings (SSSR count). The maximum atomic E-state index is 13.5. The van der Waals surface area contributed by atoms with Crippen molar-refractivity contribution >= 4 is 11.6 Å². The molecule has 0 bridgehead atoms. The lowest BCUT2D eigenvalue weighted by Crippen LogP contribution is -2.11. The van der Waals surface area contributed by atoms with E-state index in [1.165, 1.54) is 6.33 Å². The van der Waals surface area contributed by atoms with Crippen molar-refractivity contribution in [3.8, 4) is 0 Å². The van der Waals surface area contributed by atoms with Crippen molar-refractivity contribution in [3.05, 3.63) is 27.4 Å². The van der Waals surface area contributed by atoms with Gasteiger partial charge in [-0.2, -0.15) is 0 Å². The molecule has 0 aliphatic heterocycles. The van der Waals surface area contributed by atoms with Gasteiger partial charge in [-0.25, -0.2) is 9.37 Å². The fourth-order valence-corrected chi connectivity index (χ4v) is 1.36. The van der Waals surface area contributed by atoms with Gasteiger partial charge in [-0.05, 0) is 6.42 Å². The first-order valence-electron chi connectivity index (χ1n) is 4.54. The standard InChI is InChI=1S/C9H12ClFN2O/c1-2-3-4-6(11)8-7(10)9(14)13-5-12-8/h5-6H,2-4H2,1H3,(H,12,13,14). The summed E-state index contributed by atoms with van der Waals surface area (Å²) in [4.78, 5) is 17.0. The smallest absolute Gasteiger partial charge is 0.269 e. The molecule has 0 radical (unpaired) electrons. The number of H-pyrrole nitrogens is 1. The third-order valence-corrected chi connectivity index (χ3v) is 2.30. The molecule has 5 heteroatoms. The van der Waals surface area contributed by atoms with E-state index in [-0.39, 0.29) is 10.7 Å². The Morgan fingerprint density at radius 1 is 1.71 bits per heavy atom. The maximum Gasteiger partial charge on any atom is 0.269 e. The van der Waals surface area contributed by atoms with Gasteiger partial charge in [0, 0.05) is 0 Å². The van der Waals surface area contributed by atoms with Crippen LogP contribution in [0.4, 0.5) is 4.39 Å². The first kappa shape index (κ1) is 11.2. The molecule has 0 spiro atoms. The Hall–Kier alpha value is -0.900. The van der Waals surface area contributed by atoms with Crippen LogP contribution in [0.15, 0.2) is 11.1 Å². The minimum absolute atomic E-state index is 0.0452. The molecule has 14 heavy (non-hydrogen) atoms. The minimum atomic E-state index is -1.25. The van der Waals surface area contributed by atoms with Crippen LogP contribution in [0.2, 0.25) is 5.02 Å². The van der Waals surface area contributed by atoms with Crippen molar-refractivity contribution in [2.24, 2.45) is 0 Å².